The van der Waals surface area contributed by atoms with Gasteiger partial charge in [0.1, 0.15) is 6.10 Å². The molecule has 0 radical (unpaired) electrons. The molecule has 4 atom stereocenters. The van der Waals surface area contributed by atoms with E-state index in [1.165, 1.54) is 0 Å². The highest BCUT2D eigenvalue weighted by molar-refractivity contribution is 7.91. The first kappa shape index (κ1) is 15.2. The van der Waals surface area contributed by atoms with E-state index in [9.17, 15) is 18.5 Å². The fourth-order valence-corrected chi connectivity index (χ4v) is 4.83. The predicted octanol–water partition coefficient (Wildman–Crippen LogP) is 0.550. The van der Waals surface area contributed by atoms with E-state index in [0.717, 1.165) is 0 Å². The van der Waals surface area contributed by atoms with E-state index in [1.54, 1.807) is 24.3 Å². The molecule has 0 unspecified atom stereocenters. The number of hydrogen-bond acceptors (Lipinski definition) is 7. The van der Waals surface area contributed by atoms with Crippen molar-refractivity contribution in [2.75, 3.05) is 13.2 Å². The zero-order valence-corrected chi connectivity index (χ0v) is 12.3. The molecule has 2 saturated heterocycles. The van der Waals surface area contributed by atoms with Gasteiger partial charge in [0.2, 0.25) is 6.29 Å². The van der Waals surface area contributed by atoms with Crippen molar-refractivity contribution in [1.29, 1.82) is 0 Å². The summed E-state index contributed by atoms with van der Waals surface area (Å²) in [5, 5.41) is 8.70. The van der Waals surface area contributed by atoms with Crippen LogP contribution in [0.1, 0.15) is 5.56 Å². The van der Waals surface area contributed by atoms with Gasteiger partial charge in [-0.2, -0.15) is 0 Å². The van der Waals surface area contributed by atoms with Crippen LogP contribution in [0.2, 0.25) is 0 Å². The van der Waals surface area contributed by atoms with Gasteiger partial charge < -0.3 is 9.47 Å². The van der Waals surface area contributed by atoms with Gasteiger partial charge in [-0.05, 0) is 5.56 Å². The number of ether oxygens (including phenoxy) is 2. The van der Waals surface area contributed by atoms with E-state index >= 15 is 0 Å². The Morgan fingerprint density at radius 2 is 1.95 bits per heavy atom. The van der Waals surface area contributed by atoms with Gasteiger partial charge in [0.25, 0.3) is 5.09 Å². The van der Waals surface area contributed by atoms with Crippen LogP contribution in [0.15, 0.2) is 30.3 Å². The summed E-state index contributed by atoms with van der Waals surface area (Å²) in [5.41, 5.74) is 0.697. The van der Waals surface area contributed by atoms with Gasteiger partial charge in [0.15, 0.2) is 9.84 Å². The summed E-state index contributed by atoms with van der Waals surface area (Å²) in [5.74, 6) is -0.537. The minimum absolute atomic E-state index is 0.00539. The second-order valence-corrected chi connectivity index (χ2v) is 7.54. The third-order valence-electron chi connectivity index (χ3n) is 3.94. The van der Waals surface area contributed by atoms with Crippen LogP contribution in [0.3, 0.4) is 0 Å². The molecule has 2 aliphatic rings. The summed E-state index contributed by atoms with van der Waals surface area (Å²) < 4.78 is 35.7. The number of hydrogen-bond donors (Lipinski definition) is 0. The molecule has 1 aromatic carbocycles. The van der Waals surface area contributed by atoms with Gasteiger partial charge in [-0.15, -0.1) is 10.1 Å². The lowest BCUT2D eigenvalue weighted by molar-refractivity contribution is -0.781. The van der Waals surface area contributed by atoms with E-state index < -0.39 is 38.5 Å². The molecule has 0 N–H and O–H groups in total. The number of fused-ring (bicyclic) bond motifs is 1. The highest BCUT2D eigenvalue weighted by Gasteiger charge is 2.53. The highest BCUT2D eigenvalue weighted by Crippen LogP contribution is 2.37. The number of benzene rings is 1. The smallest absolute Gasteiger partial charge is 0.297 e. The molecule has 8 nitrogen and oxygen atoms in total. The first-order chi connectivity index (χ1) is 10.5. The normalized spacial score (nSPS) is 30.9. The lowest BCUT2D eigenvalue weighted by Gasteiger charge is -2.15. The Labute approximate surface area is 127 Å². The van der Waals surface area contributed by atoms with Crippen molar-refractivity contribution in [3.05, 3.63) is 46.0 Å². The topological polar surface area (TPSA) is 105 Å². The lowest BCUT2D eigenvalue weighted by atomic mass is 10.0. The van der Waals surface area contributed by atoms with Crippen molar-refractivity contribution in [3.8, 4) is 0 Å². The van der Waals surface area contributed by atoms with E-state index in [1.807, 2.05) is 6.07 Å². The van der Waals surface area contributed by atoms with E-state index in [4.69, 9.17) is 9.47 Å². The molecule has 0 spiro atoms. The maximum Gasteiger partial charge on any atom is 0.297 e. The van der Waals surface area contributed by atoms with Crippen molar-refractivity contribution < 1.29 is 27.8 Å². The molecule has 2 heterocycles. The Bertz CT molecular complexity index is 648. The zero-order valence-electron chi connectivity index (χ0n) is 11.5. The van der Waals surface area contributed by atoms with Crippen LogP contribution >= 0.6 is 0 Å². The Morgan fingerprint density at radius 3 is 2.64 bits per heavy atom. The van der Waals surface area contributed by atoms with Crippen LogP contribution in [-0.4, -0.2) is 44.4 Å². The third-order valence-corrected chi connectivity index (χ3v) is 6.08. The summed E-state index contributed by atoms with van der Waals surface area (Å²) in [6.45, 7) is 0.0767. The fourth-order valence-electron chi connectivity index (χ4n) is 2.91. The number of sulfone groups is 1. The summed E-state index contributed by atoms with van der Waals surface area (Å²) >= 11 is 0. The molecular weight excluding hydrogens is 314 g/mol. The molecule has 120 valence electrons. The fraction of sp³-hybridized carbons (Fsp3) is 0.538. The van der Waals surface area contributed by atoms with Crippen LogP contribution in [0.25, 0.3) is 0 Å². The van der Waals surface area contributed by atoms with E-state index in [2.05, 4.69) is 4.84 Å². The highest BCUT2D eigenvalue weighted by atomic mass is 32.2. The zero-order chi connectivity index (χ0) is 15.7. The molecule has 2 fully saturated rings. The molecule has 0 amide bonds. The lowest BCUT2D eigenvalue weighted by Crippen LogP contribution is -2.34. The standard InChI is InChI=1S/C13H15NO7S/c15-14(16)21-13-12-10(6-20-13)11(7-19-12)22(17,18)8-9-4-2-1-3-5-9/h1-5,10-13H,6-8H2/t10-,11+,12+,13+/m1/s1. The molecule has 0 saturated carbocycles. The summed E-state index contributed by atoms with van der Waals surface area (Å²) in [6, 6.07) is 8.86. The first-order valence-electron chi connectivity index (χ1n) is 6.77. The SMILES string of the molecule is O=[N+]([O-])O[C@@H]1OC[C@H]2[C@@H]1OC[C@@H]2S(=O)(=O)Cc1ccccc1. The quantitative estimate of drug-likeness (QED) is 0.574. The molecule has 0 bridgehead atoms. The van der Waals surface area contributed by atoms with Crippen LogP contribution < -0.4 is 0 Å². The maximum absolute atomic E-state index is 12.6. The van der Waals surface area contributed by atoms with Crippen molar-refractivity contribution in [3.63, 3.8) is 0 Å². The molecular formula is C13H15NO7S. The Hall–Kier alpha value is -1.71. The monoisotopic (exact) mass is 329 g/mol. The van der Waals surface area contributed by atoms with Crippen molar-refractivity contribution in [2.45, 2.75) is 23.4 Å². The van der Waals surface area contributed by atoms with E-state index in [-0.39, 0.29) is 19.0 Å². The minimum atomic E-state index is -3.45. The molecule has 0 aliphatic carbocycles. The van der Waals surface area contributed by atoms with Crippen molar-refractivity contribution in [1.82, 2.24) is 0 Å². The molecule has 9 heteroatoms. The second kappa shape index (κ2) is 5.82. The second-order valence-electron chi connectivity index (χ2n) is 5.32. The molecule has 22 heavy (non-hydrogen) atoms. The molecule has 1 aromatic rings. The average molecular weight is 329 g/mol. The van der Waals surface area contributed by atoms with Gasteiger partial charge in [-0.1, -0.05) is 30.3 Å². The van der Waals surface area contributed by atoms with E-state index in [0.29, 0.717) is 5.56 Å². The third kappa shape index (κ3) is 2.92. The van der Waals surface area contributed by atoms with Crippen LogP contribution in [0, 0.1) is 16.0 Å². The van der Waals surface area contributed by atoms with Gasteiger partial charge in [0, 0.05) is 5.92 Å². The average Bonchev–Trinajstić information content (AvgIpc) is 3.02. The number of nitrogens with zero attached hydrogens (tertiary/aromatic N) is 1. The summed E-state index contributed by atoms with van der Waals surface area (Å²) in [4.78, 5) is 14.8. The molecule has 0 aromatic heterocycles. The van der Waals surface area contributed by atoms with Gasteiger partial charge in [-0.25, -0.2) is 8.42 Å². The number of rotatable bonds is 5. The van der Waals surface area contributed by atoms with Gasteiger partial charge in [0.05, 0.1) is 24.2 Å². The molecule has 2 aliphatic heterocycles. The molecule has 3 rings (SSSR count). The van der Waals surface area contributed by atoms with Gasteiger partial charge >= 0.3 is 0 Å². The maximum atomic E-state index is 12.6. The Morgan fingerprint density at radius 1 is 1.23 bits per heavy atom. The predicted molar refractivity (Wildman–Crippen MR) is 73.9 cm³/mol. The van der Waals surface area contributed by atoms with Gasteiger partial charge in [-0.3, -0.25) is 4.84 Å². The Kier molecular flexibility index (Phi) is 4.02. The summed E-state index contributed by atoms with van der Waals surface area (Å²) in [6.07, 6.45) is -1.88. The van der Waals surface area contributed by atoms with Crippen LogP contribution in [0.5, 0.6) is 0 Å². The summed E-state index contributed by atoms with van der Waals surface area (Å²) in [7, 11) is -3.45. The first-order valence-corrected chi connectivity index (χ1v) is 8.49. The largest absolute Gasteiger partial charge is 0.372 e. The van der Waals surface area contributed by atoms with Crippen molar-refractivity contribution in [2.24, 2.45) is 5.92 Å². The van der Waals surface area contributed by atoms with Crippen LogP contribution in [-0.2, 0) is 29.9 Å². The Balaban J connectivity index is 1.72. The minimum Gasteiger partial charge on any atom is -0.372 e. The van der Waals surface area contributed by atoms with Crippen LogP contribution in [0.4, 0.5) is 0 Å². The van der Waals surface area contributed by atoms with Crippen molar-refractivity contribution >= 4 is 9.84 Å².